The van der Waals surface area contributed by atoms with E-state index in [9.17, 15) is 18.4 Å². The lowest BCUT2D eigenvalue weighted by Gasteiger charge is -2.07. The van der Waals surface area contributed by atoms with Gasteiger partial charge in [-0.05, 0) is 24.0 Å². The first-order chi connectivity index (χ1) is 11.0. The fourth-order valence-corrected chi connectivity index (χ4v) is 2.82. The number of alkyl halides is 2. The van der Waals surface area contributed by atoms with Crippen LogP contribution in [-0.4, -0.2) is 31.0 Å². The molecule has 2 atom stereocenters. The summed E-state index contributed by atoms with van der Waals surface area (Å²) in [5.41, 5.74) is 0.570. The molecule has 1 saturated carbocycles. The van der Waals surface area contributed by atoms with Crippen LogP contribution in [0.15, 0.2) is 34.4 Å². The number of hydrogen-bond donors (Lipinski definition) is 2. The fourth-order valence-electron chi connectivity index (χ4n) is 2.82. The van der Waals surface area contributed by atoms with E-state index in [2.05, 4.69) is 20.1 Å². The van der Waals surface area contributed by atoms with Crippen molar-refractivity contribution in [1.82, 2.24) is 24.6 Å². The highest BCUT2D eigenvalue weighted by Gasteiger charge is 2.46. The van der Waals surface area contributed by atoms with Crippen LogP contribution in [0.5, 0.6) is 0 Å². The maximum absolute atomic E-state index is 12.9. The van der Waals surface area contributed by atoms with E-state index in [0.29, 0.717) is 23.2 Å². The van der Waals surface area contributed by atoms with Gasteiger partial charge in [0.1, 0.15) is 6.33 Å². The van der Waals surface area contributed by atoms with Crippen molar-refractivity contribution in [2.45, 2.75) is 18.8 Å². The lowest BCUT2D eigenvalue weighted by molar-refractivity contribution is 0.120. The molecular formula is C14H11F2N5O2. The van der Waals surface area contributed by atoms with Gasteiger partial charge in [-0.25, -0.2) is 23.1 Å². The van der Waals surface area contributed by atoms with Gasteiger partial charge in [-0.1, -0.05) is 0 Å². The predicted molar refractivity (Wildman–Crippen MR) is 76.5 cm³/mol. The molecule has 4 rings (SSSR count). The van der Waals surface area contributed by atoms with Crippen LogP contribution in [-0.2, 0) is 0 Å². The molecule has 9 heteroatoms. The number of fused-ring (bicyclic) bond motifs is 1. The number of imidazole rings is 1. The third kappa shape index (κ3) is 2.24. The molecule has 0 aromatic carbocycles. The van der Waals surface area contributed by atoms with Crippen LogP contribution < -0.4 is 11.2 Å². The number of nitrogens with one attached hydrogen (secondary N) is 2. The Morgan fingerprint density at radius 1 is 1.35 bits per heavy atom. The quantitative estimate of drug-likeness (QED) is 0.757. The Kier molecular flexibility index (Phi) is 2.90. The van der Waals surface area contributed by atoms with E-state index >= 15 is 0 Å². The minimum Gasteiger partial charge on any atom is -0.313 e. The first-order valence-corrected chi connectivity index (χ1v) is 6.98. The topological polar surface area (TPSA) is 95.9 Å². The Morgan fingerprint density at radius 3 is 2.87 bits per heavy atom. The molecule has 0 aliphatic heterocycles. The van der Waals surface area contributed by atoms with Crippen molar-refractivity contribution in [3.63, 3.8) is 0 Å². The lowest BCUT2D eigenvalue weighted by Crippen LogP contribution is -2.23. The average Bonchev–Trinajstić information content (AvgIpc) is 3.16. The Balaban J connectivity index is 1.89. The third-order valence-electron chi connectivity index (χ3n) is 4.08. The van der Waals surface area contributed by atoms with Gasteiger partial charge in [0.25, 0.3) is 5.56 Å². The summed E-state index contributed by atoms with van der Waals surface area (Å²) in [6.07, 6.45) is 2.28. The highest BCUT2D eigenvalue weighted by Crippen LogP contribution is 2.52. The highest BCUT2D eigenvalue weighted by molar-refractivity contribution is 5.64. The number of aromatic amines is 2. The standard InChI is InChI=1S/C14H11F2N5O2/c15-12(16)8-1-6(8)7-2-10(20-21-5-17-4-11(7)21)9-3-18-14(23)19-13(9)22/h2-6,8,12H,1H2,(H2,18,19,22,23)/t6-,8+/m1/s1. The molecule has 3 heterocycles. The monoisotopic (exact) mass is 319 g/mol. The summed E-state index contributed by atoms with van der Waals surface area (Å²) in [4.78, 5) is 31.5. The lowest BCUT2D eigenvalue weighted by atomic mass is 10.1. The molecule has 1 aliphatic rings. The number of hydrogen-bond acceptors (Lipinski definition) is 4. The summed E-state index contributed by atoms with van der Waals surface area (Å²) in [6, 6.07) is 1.62. The summed E-state index contributed by atoms with van der Waals surface area (Å²) in [5.74, 6) is -0.962. The van der Waals surface area contributed by atoms with Crippen LogP contribution in [0.1, 0.15) is 17.9 Å². The van der Waals surface area contributed by atoms with Gasteiger partial charge in [0.05, 0.1) is 23.0 Å². The Morgan fingerprint density at radius 2 is 2.17 bits per heavy atom. The van der Waals surface area contributed by atoms with Crippen LogP contribution in [0.25, 0.3) is 16.8 Å². The van der Waals surface area contributed by atoms with Crippen molar-refractivity contribution in [2.75, 3.05) is 0 Å². The second-order valence-electron chi connectivity index (χ2n) is 5.53. The molecule has 0 bridgehead atoms. The summed E-state index contributed by atoms with van der Waals surface area (Å²) >= 11 is 0. The van der Waals surface area contributed by atoms with Gasteiger partial charge in [0, 0.05) is 12.1 Å². The van der Waals surface area contributed by atoms with Gasteiger partial charge in [-0.3, -0.25) is 9.78 Å². The second-order valence-corrected chi connectivity index (χ2v) is 5.53. The zero-order chi connectivity index (χ0) is 16.1. The normalized spacial score (nSPS) is 20.3. The third-order valence-corrected chi connectivity index (χ3v) is 4.08. The van der Waals surface area contributed by atoms with Gasteiger partial charge < -0.3 is 4.98 Å². The predicted octanol–water partition coefficient (Wildman–Crippen LogP) is 1.14. The Hall–Kier alpha value is -2.84. The van der Waals surface area contributed by atoms with Crippen molar-refractivity contribution in [3.05, 3.63) is 51.2 Å². The van der Waals surface area contributed by atoms with Crippen molar-refractivity contribution < 1.29 is 8.78 Å². The van der Waals surface area contributed by atoms with E-state index < -0.39 is 23.6 Å². The molecular weight excluding hydrogens is 308 g/mol. The van der Waals surface area contributed by atoms with Crippen molar-refractivity contribution >= 4 is 5.52 Å². The molecule has 1 aliphatic carbocycles. The summed E-state index contributed by atoms with van der Waals surface area (Å²) in [6.45, 7) is 0. The molecule has 0 radical (unpaired) electrons. The summed E-state index contributed by atoms with van der Waals surface area (Å²) in [7, 11) is 0. The fraction of sp³-hybridized carbons (Fsp3) is 0.286. The molecule has 0 spiro atoms. The molecule has 23 heavy (non-hydrogen) atoms. The maximum Gasteiger partial charge on any atom is 0.325 e. The van der Waals surface area contributed by atoms with E-state index in [1.54, 1.807) is 12.3 Å². The van der Waals surface area contributed by atoms with Crippen molar-refractivity contribution in [2.24, 2.45) is 5.92 Å². The number of aromatic nitrogens is 5. The minimum absolute atomic E-state index is 0.163. The number of halogens is 2. The number of rotatable bonds is 3. The minimum atomic E-state index is -2.38. The van der Waals surface area contributed by atoms with Crippen molar-refractivity contribution in [1.29, 1.82) is 0 Å². The molecule has 0 unspecified atom stereocenters. The number of H-pyrrole nitrogens is 2. The smallest absolute Gasteiger partial charge is 0.313 e. The van der Waals surface area contributed by atoms with Crippen molar-refractivity contribution in [3.8, 4) is 11.3 Å². The Bertz CT molecular complexity index is 1010. The largest absolute Gasteiger partial charge is 0.325 e. The van der Waals surface area contributed by atoms with E-state index in [1.165, 1.54) is 17.0 Å². The van der Waals surface area contributed by atoms with E-state index in [-0.39, 0.29) is 11.5 Å². The zero-order valence-electron chi connectivity index (χ0n) is 11.7. The summed E-state index contributed by atoms with van der Waals surface area (Å²) in [5, 5.41) is 4.26. The molecule has 0 amide bonds. The molecule has 1 fully saturated rings. The van der Waals surface area contributed by atoms with Gasteiger partial charge in [-0.15, -0.1) is 0 Å². The first kappa shape index (κ1) is 13.8. The Labute approximate surface area is 127 Å². The molecule has 3 aromatic heterocycles. The van der Waals surface area contributed by atoms with Gasteiger partial charge in [0.2, 0.25) is 6.43 Å². The van der Waals surface area contributed by atoms with Crippen LogP contribution in [0.3, 0.4) is 0 Å². The van der Waals surface area contributed by atoms with Crippen LogP contribution >= 0.6 is 0 Å². The zero-order valence-corrected chi connectivity index (χ0v) is 11.7. The second kappa shape index (κ2) is 4.83. The molecule has 0 saturated heterocycles. The molecule has 118 valence electrons. The molecule has 2 N–H and O–H groups in total. The van der Waals surface area contributed by atoms with E-state index in [4.69, 9.17) is 0 Å². The van der Waals surface area contributed by atoms with Gasteiger partial charge in [-0.2, -0.15) is 5.10 Å². The summed E-state index contributed by atoms with van der Waals surface area (Å²) < 4.78 is 27.2. The molecule has 3 aromatic rings. The maximum atomic E-state index is 12.9. The first-order valence-electron chi connectivity index (χ1n) is 6.98. The van der Waals surface area contributed by atoms with E-state index in [1.807, 2.05) is 0 Å². The van der Waals surface area contributed by atoms with Gasteiger partial charge in [0.15, 0.2) is 0 Å². The van der Waals surface area contributed by atoms with Gasteiger partial charge >= 0.3 is 5.69 Å². The number of nitrogens with zero attached hydrogens (tertiary/aromatic N) is 3. The van der Waals surface area contributed by atoms with Crippen LogP contribution in [0, 0.1) is 5.92 Å². The highest BCUT2D eigenvalue weighted by atomic mass is 19.3. The molecule has 7 nitrogen and oxygen atoms in total. The van der Waals surface area contributed by atoms with Crippen LogP contribution in [0.2, 0.25) is 0 Å². The SMILES string of the molecule is O=c1[nH]cc(-c2cc([C@H]3C[C@@H]3C(F)F)c3cncn3n2)c(=O)[nH]1. The average molecular weight is 319 g/mol. The van der Waals surface area contributed by atoms with E-state index in [0.717, 1.165) is 0 Å². The van der Waals surface area contributed by atoms with Crippen LogP contribution in [0.4, 0.5) is 8.78 Å².